The number of likely N-dealkylation sites (N-methyl/N-ethyl adjacent to an activating group) is 1. The van der Waals surface area contributed by atoms with Crippen LogP contribution in [0.4, 0.5) is 0 Å². The molecular weight excluding hydrogens is 266 g/mol. The Labute approximate surface area is 128 Å². The minimum Gasteiger partial charge on any atom is -0.385 e. The number of hydrogen-bond acceptors (Lipinski definition) is 4. The molecule has 0 aliphatic rings. The summed E-state index contributed by atoms with van der Waals surface area (Å²) in [6.45, 7) is 7.56. The van der Waals surface area contributed by atoms with Crippen LogP contribution in [0.15, 0.2) is 24.3 Å². The molecule has 1 N–H and O–H groups in total. The lowest BCUT2D eigenvalue weighted by Crippen LogP contribution is -2.17. The highest BCUT2D eigenvalue weighted by Crippen LogP contribution is 2.10. The predicted octanol–water partition coefficient (Wildman–Crippen LogP) is 2.41. The predicted molar refractivity (Wildman–Crippen MR) is 85.7 cm³/mol. The zero-order valence-electron chi connectivity index (χ0n) is 13.4. The standard InChI is InChI=1S/C17H29NO3/c1-3-18-10-9-16-7-4-5-8-17(16)15-21-14-13-20-12-6-11-19-2/h4-5,7-8,18H,3,6,9-15H2,1-2H3. The Morgan fingerprint density at radius 2 is 1.71 bits per heavy atom. The van der Waals surface area contributed by atoms with E-state index in [0.29, 0.717) is 19.8 Å². The van der Waals surface area contributed by atoms with Crippen LogP contribution in [0.2, 0.25) is 0 Å². The van der Waals surface area contributed by atoms with Gasteiger partial charge in [0, 0.05) is 20.3 Å². The molecule has 0 fully saturated rings. The summed E-state index contributed by atoms with van der Waals surface area (Å²) < 4.78 is 16.1. The van der Waals surface area contributed by atoms with Gasteiger partial charge in [0.25, 0.3) is 0 Å². The number of ether oxygens (including phenoxy) is 3. The maximum Gasteiger partial charge on any atom is 0.0720 e. The van der Waals surface area contributed by atoms with Gasteiger partial charge in [-0.15, -0.1) is 0 Å². The summed E-state index contributed by atoms with van der Waals surface area (Å²) in [7, 11) is 1.70. The molecule has 0 bridgehead atoms. The first-order valence-corrected chi connectivity index (χ1v) is 7.80. The molecule has 0 aliphatic carbocycles. The van der Waals surface area contributed by atoms with Gasteiger partial charge in [0.05, 0.1) is 19.8 Å². The molecule has 0 amide bonds. The molecule has 0 radical (unpaired) electrons. The fourth-order valence-corrected chi connectivity index (χ4v) is 2.05. The van der Waals surface area contributed by atoms with Crippen molar-refractivity contribution in [2.24, 2.45) is 0 Å². The molecule has 1 rings (SSSR count). The van der Waals surface area contributed by atoms with Crippen LogP contribution in [0.3, 0.4) is 0 Å². The monoisotopic (exact) mass is 295 g/mol. The Kier molecular flexibility index (Phi) is 11.0. The van der Waals surface area contributed by atoms with Crippen LogP contribution in [-0.4, -0.2) is 46.6 Å². The fraction of sp³-hybridized carbons (Fsp3) is 0.647. The van der Waals surface area contributed by atoms with Crippen molar-refractivity contribution in [3.63, 3.8) is 0 Å². The van der Waals surface area contributed by atoms with Crippen LogP contribution >= 0.6 is 0 Å². The first kappa shape index (κ1) is 18.1. The minimum atomic E-state index is 0.633. The van der Waals surface area contributed by atoms with E-state index in [9.17, 15) is 0 Å². The highest BCUT2D eigenvalue weighted by molar-refractivity contribution is 5.26. The van der Waals surface area contributed by atoms with Gasteiger partial charge < -0.3 is 19.5 Å². The van der Waals surface area contributed by atoms with Crippen molar-refractivity contribution in [3.05, 3.63) is 35.4 Å². The molecule has 0 unspecified atom stereocenters. The molecule has 0 saturated carbocycles. The minimum absolute atomic E-state index is 0.633. The third-order valence-corrected chi connectivity index (χ3v) is 3.21. The maximum atomic E-state index is 5.70. The Morgan fingerprint density at radius 3 is 2.48 bits per heavy atom. The summed E-state index contributed by atoms with van der Waals surface area (Å²) in [5.41, 5.74) is 2.63. The molecule has 0 aromatic heterocycles. The van der Waals surface area contributed by atoms with Gasteiger partial charge in [-0.25, -0.2) is 0 Å². The Hall–Kier alpha value is -0.940. The number of benzene rings is 1. The molecule has 0 atom stereocenters. The second-order valence-electron chi connectivity index (χ2n) is 4.88. The van der Waals surface area contributed by atoms with Gasteiger partial charge in [-0.05, 0) is 37.1 Å². The fourth-order valence-electron chi connectivity index (χ4n) is 2.05. The smallest absolute Gasteiger partial charge is 0.0720 e. The quantitative estimate of drug-likeness (QED) is 0.567. The van der Waals surface area contributed by atoms with E-state index >= 15 is 0 Å². The van der Waals surface area contributed by atoms with Crippen molar-refractivity contribution in [2.45, 2.75) is 26.4 Å². The van der Waals surface area contributed by atoms with E-state index in [4.69, 9.17) is 14.2 Å². The lowest BCUT2D eigenvalue weighted by Gasteiger charge is -2.11. The molecule has 4 nitrogen and oxygen atoms in total. The van der Waals surface area contributed by atoms with Crippen molar-refractivity contribution in [2.75, 3.05) is 46.6 Å². The van der Waals surface area contributed by atoms with Gasteiger partial charge in [-0.2, -0.15) is 0 Å². The second kappa shape index (κ2) is 12.8. The third-order valence-electron chi connectivity index (χ3n) is 3.21. The topological polar surface area (TPSA) is 39.7 Å². The van der Waals surface area contributed by atoms with E-state index in [1.54, 1.807) is 7.11 Å². The summed E-state index contributed by atoms with van der Waals surface area (Å²) >= 11 is 0. The Morgan fingerprint density at radius 1 is 0.952 bits per heavy atom. The molecule has 0 saturated heterocycles. The van der Waals surface area contributed by atoms with E-state index < -0.39 is 0 Å². The average Bonchev–Trinajstić information content (AvgIpc) is 2.51. The van der Waals surface area contributed by atoms with E-state index in [1.807, 2.05) is 0 Å². The molecule has 0 aliphatic heterocycles. The Bertz CT molecular complexity index is 358. The normalized spacial score (nSPS) is 11.0. The highest BCUT2D eigenvalue weighted by atomic mass is 16.5. The van der Waals surface area contributed by atoms with Gasteiger partial charge in [-0.1, -0.05) is 31.2 Å². The van der Waals surface area contributed by atoms with Crippen molar-refractivity contribution in [1.29, 1.82) is 0 Å². The maximum absolute atomic E-state index is 5.70. The number of nitrogens with one attached hydrogen (secondary N) is 1. The Balaban J connectivity index is 2.16. The lowest BCUT2D eigenvalue weighted by atomic mass is 10.1. The summed E-state index contributed by atoms with van der Waals surface area (Å²) in [5, 5.41) is 3.35. The average molecular weight is 295 g/mol. The van der Waals surface area contributed by atoms with Crippen LogP contribution in [0.5, 0.6) is 0 Å². The largest absolute Gasteiger partial charge is 0.385 e. The van der Waals surface area contributed by atoms with Gasteiger partial charge >= 0.3 is 0 Å². The van der Waals surface area contributed by atoms with E-state index in [1.165, 1.54) is 11.1 Å². The van der Waals surface area contributed by atoms with Crippen molar-refractivity contribution in [3.8, 4) is 0 Å². The van der Waals surface area contributed by atoms with Gasteiger partial charge in [-0.3, -0.25) is 0 Å². The van der Waals surface area contributed by atoms with Crippen LogP contribution in [0, 0.1) is 0 Å². The first-order chi connectivity index (χ1) is 10.4. The van der Waals surface area contributed by atoms with Crippen LogP contribution in [0.25, 0.3) is 0 Å². The zero-order valence-corrected chi connectivity index (χ0v) is 13.4. The van der Waals surface area contributed by atoms with Crippen molar-refractivity contribution in [1.82, 2.24) is 5.32 Å². The van der Waals surface area contributed by atoms with Crippen LogP contribution in [-0.2, 0) is 27.2 Å². The van der Waals surface area contributed by atoms with Crippen molar-refractivity contribution < 1.29 is 14.2 Å². The van der Waals surface area contributed by atoms with Crippen molar-refractivity contribution >= 4 is 0 Å². The van der Waals surface area contributed by atoms with Gasteiger partial charge in [0.2, 0.25) is 0 Å². The van der Waals surface area contributed by atoms with Crippen LogP contribution in [0.1, 0.15) is 24.5 Å². The number of hydrogen-bond donors (Lipinski definition) is 1. The molecule has 0 spiro atoms. The molecular formula is C17H29NO3. The third kappa shape index (κ3) is 8.83. The molecule has 1 aromatic rings. The van der Waals surface area contributed by atoms with E-state index in [2.05, 4.69) is 36.5 Å². The molecule has 21 heavy (non-hydrogen) atoms. The summed E-state index contributed by atoms with van der Waals surface area (Å²) in [6, 6.07) is 8.47. The molecule has 120 valence electrons. The van der Waals surface area contributed by atoms with Crippen LogP contribution < -0.4 is 5.32 Å². The lowest BCUT2D eigenvalue weighted by molar-refractivity contribution is 0.0335. The zero-order chi connectivity index (χ0) is 15.2. The van der Waals surface area contributed by atoms with E-state index in [-0.39, 0.29) is 0 Å². The summed E-state index contributed by atoms with van der Waals surface area (Å²) in [6.07, 6.45) is 1.98. The van der Waals surface area contributed by atoms with E-state index in [0.717, 1.165) is 39.1 Å². The summed E-state index contributed by atoms with van der Waals surface area (Å²) in [4.78, 5) is 0. The number of methoxy groups -OCH3 is 1. The molecule has 1 aromatic carbocycles. The summed E-state index contributed by atoms with van der Waals surface area (Å²) in [5.74, 6) is 0. The highest BCUT2D eigenvalue weighted by Gasteiger charge is 2.01. The second-order valence-corrected chi connectivity index (χ2v) is 4.88. The molecule has 0 heterocycles. The number of rotatable bonds is 13. The van der Waals surface area contributed by atoms with Gasteiger partial charge in [0.15, 0.2) is 0 Å². The van der Waals surface area contributed by atoms with Gasteiger partial charge in [0.1, 0.15) is 0 Å². The molecule has 4 heteroatoms. The first-order valence-electron chi connectivity index (χ1n) is 7.80. The SMILES string of the molecule is CCNCCc1ccccc1COCCOCCCOC.